The van der Waals surface area contributed by atoms with Gasteiger partial charge in [0.1, 0.15) is 12.4 Å². The minimum absolute atomic E-state index is 0.0256. The summed E-state index contributed by atoms with van der Waals surface area (Å²) in [5, 5.41) is 17.4. The molecule has 3 aromatic rings. The van der Waals surface area contributed by atoms with Crippen molar-refractivity contribution in [2.45, 2.75) is 6.54 Å². The van der Waals surface area contributed by atoms with E-state index in [4.69, 9.17) is 4.74 Å². The molecule has 3 aromatic carbocycles. The van der Waals surface area contributed by atoms with Crippen molar-refractivity contribution >= 4 is 28.3 Å². The second kappa shape index (κ2) is 8.33. The highest BCUT2D eigenvalue weighted by Crippen LogP contribution is 2.25. The van der Waals surface area contributed by atoms with Crippen LogP contribution < -0.4 is 10.6 Å². The first-order chi connectivity index (χ1) is 13.1. The molecule has 27 heavy (non-hydrogen) atoms. The van der Waals surface area contributed by atoms with Gasteiger partial charge in [-0.25, -0.2) is 0 Å². The second-order valence-electron chi connectivity index (χ2n) is 6.08. The van der Waals surface area contributed by atoms with Crippen LogP contribution in [0.2, 0.25) is 0 Å². The predicted molar refractivity (Wildman–Crippen MR) is 104 cm³/mol. The van der Waals surface area contributed by atoms with Gasteiger partial charge in [-0.1, -0.05) is 36.4 Å². The minimum Gasteiger partial charge on any atom is -0.507 e. The highest BCUT2D eigenvalue weighted by molar-refractivity contribution is 6.01. The van der Waals surface area contributed by atoms with Crippen LogP contribution in [0.4, 0.5) is 5.69 Å². The summed E-state index contributed by atoms with van der Waals surface area (Å²) in [7, 11) is 1.45. The molecule has 0 saturated carbocycles. The van der Waals surface area contributed by atoms with Crippen molar-refractivity contribution in [1.29, 1.82) is 0 Å². The van der Waals surface area contributed by atoms with Crippen molar-refractivity contribution in [2.75, 3.05) is 19.0 Å². The van der Waals surface area contributed by atoms with Gasteiger partial charge in [-0.3, -0.25) is 9.59 Å². The molecule has 0 aromatic heterocycles. The first-order valence-electron chi connectivity index (χ1n) is 8.44. The summed E-state index contributed by atoms with van der Waals surface area (Å²) < 4.78 is 4.78. The Morgan fingerprint density at radius 1 is 1.00 bits per heavy atom. The van der Waals surface area contributed by atoms with E-state index < -0.39 is 0 Å². The average Bonchev–Trinajstić information content (AvgIpc) is 2.66. The van der Waals surface area contributed by atoms with Gasteiger partial charge in [0.15, 0.2) is 0 Å². The number of phenols is 1. The normalized spacial score (nSPS) is 10.6. The van der Waals surface area contributed by atoms with Crippen LogP contribution in [0.3, 0.4) is 0 Å². The number of carbonyl (C=O) groups excluding carboxylic acids is 2. The van der Waals surface area contributed by atoms with Gasteiger partial charge >= 0.3 is 0 Å². The molecule has 3 N–H and O–H groups in total. The molecule has 0 saturated heterocycles. The van der Waals surface area contributed by atoms with Gasteiger partial charge in [0, 0.05) is 19.3 Å². The van der Waals surface area contributed by atoms with E-state index in [1.807, 2.05) is 30.3 Å². The molecule has 0 radical (unpaired) electrons. The number of amides is 2. The SMILES string of the molecule is COCC(=O)Nc1cccc(CNC(=O)c2cc3ccccc3cc2O)c1. The molecule has 0 aliphatic rings. The van der Waals surface area contributed by atoms with E-state index in [-0.39, 0.29) is 36.3 Å². The number of hydrogen-bond acceptors (Lipinski definition) is 4. The quantitative estimate of drug-likeness (QED) is 0.627. The van der Waals surface area contributed by atoms with Crippen molar-refractivity contribution in [1.82, 2.24) is 5.32 Å². The van der Waals surface area contributed by atoms with E-state index in [9.17, 15) is 14.7 Å². The van der Waals surface area contributed by atoms with Gasteiger partial charge in [-0.2, -0.15) is 0 Å². The van der Waals surface area contributed by atoms with Crippen LogP contribution in [0.25, 0.3) is 10.8 Å². The largest absolute Gasteiger partial charge is 0.507 e. The van der Waals surface area contributed by atoms with Crippen LogP contribution in [-0.4, -0.2) is 30.6 Å². The lowest BCUT2D eigenvalue weighted by molar-refractivity contribution is -0.119. The van der Waals surface area contributed by atoms with Gasteiger partial charge in [-0.05, 0) is 40.6 Å². The molecule has 0 fully saturated rings. The van der Waals surface area contributed by atoms with Crippen molar-refractivity contribution in [3.8, 4) is 5.75 Å². The molecular formula is C21H20N2O4. The third-order valence-electron chi connectivity index (χ3n) is 4.05. The molecule has 6 nitrogen and oxygen atoms in total. The maximum Gasteiger partial charge on any atom is 0.255 e. The molecule has 2 amide bonds. The number of anilines is 1. The predicted octanol–water partition coefficient (Wildman–Crippen LogP) is 3.06. The van der Waals surface area contributed by atoms with Gasteiger partial charge in [-0.15, -0.1) is 0 Å². The Labute approximate surface area is 156 Å². The zero-order valence-corrected chi connectivity index (χ0v) is 14.9. The Bertz CT molecular complexity index is 985. The van der Waals surface area contributed by atoms with Crippen LogP contribution in [0, 0.1) is 0 Å². The lowest BCUT2D eigenvalue weighted by Crippen LogP contribution is -2.23. The Morgan fingerprint density at radius 2 is 1.74 bits per heavy atom. The molecule has 0 aliphatic heterocycles. The fraction of sp³-hybridized carbons (Fsp3) is 0.143. The Kier molecular flexibility index (Phi) is 5.68. The summed E-state index contributed by atoms with van der Waals surface area (Å²) in [6, 6.07) is 17.9. The standard InChI is InChI=1S/C21H20N2O4/c1-27-13-20(25)23-17-8-4-5-14(9-17)12-22-21(26)18-10-15-6-2-3-7-16(15)11-19(18)24/h2-11,24H,12-13H2,1H3,(H,22,26)(H,23,25). The third-order valence-corrected chi connectivity index (χ3v) is 4.05. The number of methoxy groups -OCH3 is 1. The summed E-state index contributed by atoms with van der Waals surface area (Å²) in [5.41, 5.74) is 1.66. The summed E-state index contributed by atoms with van der Waals surface area (Å²) in [4.78, 5) is 24.1. The lowest BCUT2D eigenvalue weighted by Gasteiger charge is -2.10. The maximum atomic E-state index is 12.5. The zero-order chi connectivity index (χ0) is 19.2. The van der Waals surface area contributed by atoms with Gasteiger partial charge in [0.05, 0.1) is 5.56 Å². The van der Waals surface area contributed by atoms with Crippen LogP contribution in [-0.2, 0) is 16.1 Å². The number of fused-ring (bicyclic) bond motifs is 1. The van der Waals surface area contributed by atoms with E-state index in [0.29, 0.717) is 5.69 Å². The van der Waals surface area contributed by atoms with E-state index in [1.165, 1.54) is 7.11 Å². The molecule has 0 aliphatic carbocycles. The number of rotatable bonds is 6. The van der Waals surface area contributed by atoms with Crippen molar-refractivity contribution < 1.29 is 19.4 Å². The van der Waals surface area contributed by atoms with Crippen molar-refractivity contribution in [2.24, 2.45) is 0 Å². The third kappa shape index (κ3) is 4.62. The summed E-state index contributed by atoms with van der Waals surface area (Å²) in [6.45, 7) is 0.237. The van der Waals surface area contributed by atoms with Crippen LogP contribution in [0.15, 0.2) is 60.7 Å². The molecule has 0 unspecified atom stereocenters. The monoisotopic (exact) mass is 364 g/mol. The maximum absolute atomic E-state index is 12.5. The highest BCUT2D eigenvalue weighted by Gasteiger charge is 2.12. The fourth-order valence-electron chi connectivity index (χ4n) is 2.77. The molecule has 0 spiro atoms. The van der Waals surface area contributed by atoms with Gasteiger partial charge in [0.2, 0.25) is 5.91 Å². The number of benzene rings is 3. The first kappa shape index (κ1) is 18.4. The topological polar surface area (TPSA) is 87.7 Å². The van der Waals surface area contributed by atoms with Crippen molar-refractivity contribution in [3.63, 3.8) is 0 Å². The number of phenolic OH excluding ortho intramolecular Hbond substituents is 1. The molecule has 3 rings (SSSR count). The number of hydrogen-bond donors (Lipinski definition) is 3. The molecular weight excluding hydrogens is 344 g/mol. The molecule has 0 bridgehead atoms. The molecule has 138 valence electrons. The number of aromatic hydroxyl groups is 1. The summed E-state index contributed by atoms with van der Waals surface area (Å²) in [5.74, 6) is -0.682. The minimum atomic E-state index is -0.368. The van der Waals surface area contributed by atoms with Gasteiger partial charge in [0.25, 0.3) is 5.91 Å². The van der Waals surface area contributed by atoms with E-state index in [0.717, 1.165) is 16.3 Å². The smallest absolute Gasteiger partial charge is 0.255 e. The second-order valence-corrected chi connectivity index (χ2v) is 6.08. The van der Waals surface area contributed by atoms with Gasteiger partial charge < -0.3 is 20.5 Å². The first-order valence-corrected chi connectivity index (χ1v) is 8.44. The number of nitrogens with one attached hydrogen (secondary N) is 2. The van der Waals surface area contributed by atoms with Crippen LogP contribution in [0.1, 0.15) is 15.9 Å². The Hall–Kier alpha value is -3.38. The lowest BCUT2D eigenvalue weighted by atomic mass is 10.1. The highest BCUT2D eigenvalue weighted by atomic mass is 16.5. The zero-order valence-electron chi connectivity index (χ0n) is 14.9. The van der Waals surface area contributed by atoms with Crippen molar-refractivity contribution in [3.05, 3.63) is 71.8 Å². The molecule has 0 atom stereocenters. The van der Waals surface area contributed by atoms with Crippen LogP contribution in [0.5, 0.6) is 5.75 Å². The Balaban J connectivity index is 1.69. The van der Waals surface area contributed by atoms with Crippen LogP contribution >= 0.6 is 0 Å². The van der Waals surface area contributed by atoms with E-state index in [1.54, 1.807) is 30.3 Å². The summed E-state index contributed by atoms with van der Waals surface area (Å²) >= 11 is 0. The summed E-state index contributed by atoms with van der Waals surface area (Å²) in [6.07, 6.45) is 0. The molecule has 0 heterocycles. The van der Waals surface area contributed by atoms with E-state index >= 15 is 0 Å². The molecule has 6 heteroatoms. The fourth-order valence-corrected chi connectivity index (χ4v) is 2.77. The average molecular weight is 364 g/mol. The van der Waals surface area contributed by atoms with E-state index in [2.05, 4.69) is 10.6 Å². The number of ether oxygens (including phenoxy) is 1. The number of carbonyl (C=O) groups is 2. The Morgan fingerprint density at radius 3 is 2.48 bits per heavy atom.